The number of carbonyl (C=O) groups excluding carboxylic acids is 2. The summed E-state index contributed by atoms with van der Waals surface area (Å²) in [6, 6.07) is 16.0. The monoisotopic (exact) mass is 602 g/mol. The molecule has 0 aliphatic heterocycles. The Morgan fingerprint density at radius 3 is 2.34 bits per heavy atom. The Morgan fingerprint density at radius 1 is 1.07 bits per heavy atom. The lowest BCUT2D eigenvalue weighted by Gasteiger charge is -2.37. The van der Waals surface area contributed by atoms with Gasteiger partial charge in [-0.3, -0.25) is 9.59 Å². The minimum atomic E-state index is -0.750. The maximum atomic E-state index is 14.1. The van der Waals surface area contributed by atoms with Gasteiger partial charge < -0.3 is 29.7 Å². The van der Waals surface area contributed by atoms with Gasteiger partial charge in [0, 0.05) is 34.3 Å². The molecule has 1 aliphatic carbocycles. The second-order valence-electron chi connectivity index (χ2n) is 10.8. The van der Waals surface area contributed by atoms with E-state index >= 15 is 0 Å². The average Bonchev–Trinajstić information content (AvgIpc) is 3.27. The van der Waals surface area contributed by atoms with E-state index in [-0.39, 0.29) is 30.5 Å². The molecule has 0 unspecified atom stereocenters. The summed E-state index contributed by atoms with van der Waals surface area (Å²) in [4.78, 5) is 28.8. The van der Waals surface area contributed by atoms with E-state index in [0.717, 1.165) is 47.1 Å². The number of halogens is 1. The molecule has 0 spiro atoms. The Kier molecular flexibility index (Phi) is 12.5. The first-order chi connectivity index (χ1) is 19.6. The van der Waals surface area contributed by atoms with E-state index in [0.29, 0.717) is 23.1 Å². The van der Waals surface area contributed by atoms with Crippen molar-refractivity contribution in [2.75, 3.05) is 13.2 Å². The fraction of sp³-hybridized carbons (Fsp3) is 0.467. The zero-order valence-electron chi connectivity index (χ0n) is 24.2. The molecular weight excluding hydrogens is 563 g/mol. The number of hydrogen-bond donors (Lipinski definition) is 3. The van der Waals surface area contributed by atoms with Gasteiger partial charge >= 0.3 is 13.7 Å². The molecule has 1 aliphatic rings. The van der Waals surface area contributed by atoms with Crippen molar-refractivity contribution in [1.82, 2.24) is 10.2 Å². The zero-order valence-corrected chi connectivity index (χ0v) is 25.8. The van der Waals surface area contributed by atoms with E-state index in [4.69, 9.17) is 31.1 Å². The second kappa shape index (κ2) is 15.6. The fourth-order valence-electron chi connectivity index (χ4n) is 4.96. The second-order valence-corrected chi connectivity index (χ2v) is 12.3. The van der Waals surface area contributed by atoms with Gasteiger partial charge in [-0.15, -0.1) is 11.3 Å². The number of nitrogens with zero attached hydrogens (tertiary/aromatic N) is 1. The molecule has 11 heteroatoms. The number of thiophene rings is 1. The average molecular weight is 603 g/mol. The van der Waals surface area contributed by atoms with Gasteiger partial charge in [0.1, 0.15) is 16.2 Å². The van der Waals surface area contributed by atoms with Crippen molar-refractivity contribution in [2.45, 2.75) is 77.6 Å². The summed E-state index contributed by atoms with van der Waals surface area (Å²) >= 11 is 8.19. The highest BCUT2D eigenvalue weighted by Gasteiger charge is 2.32. The Hall–Kier alpha value is -2.63. The normalized spacial score (nSPS) is 16.9. The van der Waals surface area contributed by atoms with Gasteiger partial charge in [-0.2, -0.15) is 0 Å². The van der Waals surface area contributed by atoms with E-state index in [1.54, 1.807) is 0 Å². The molecule has 1 heterocycles. The number of benzene rings is 2. The maximum Gasteiger partial charge on any atom is 0.432 e. The molecule has 1 amide bonds. The van der Waals surface area contributed by atoms with E-state index in [1.165, 1.54) is 11.3 Å². The first kappa shape index (κ1) is 32.9. The standard InChI is InChI=1S/C30H37ClN2O4S.BH3O2/c1-5-36-24-12-8-6-10-20(24)19-33(29(35)28-27(31)23-11-7-9-13-25(23)38-28)22-16-14-21(15-17-22)32-18-26(34)37-30(2,3)4;2-1-3/h6-13,21-22,32H,5,14-19H2,1-4H3;1-3H. The number of carbonyl (C=O) groups is 2. The molecule has 3 aromatic rings. The Morgan fingerprint density at radius 2 is 1.71 bits per heavy atom. The van der Waals surface area contributed by atoms with Crippen molar-refractivity contribution in [2.24, 2.45) is 0 Å². The Balaban J connectivity index is 0.00000147. The predicted octanol–water partition coefficient (Wildman–Crippen LogP) is 5.08. The van der Waals surface area contributed by atoms with Crippen LogP contribution >= 0.6 is 22.9 Å². The smallest absolute Gasteiger partial charge is 0.432 e. The topological polar surface area (TPSA) is 108 Å². The lowest BCUT2D eigenvalue weighted by molar-refractivity contribution is -0.153. The van der Waals surface area contributed by atoms with E-state index < -0.39 is 13.3 Å². The van der Waals surface area contributed by atoms with Gasteiger partial charge in [-0.05, 0) is 65.5 Å². The van der Waals surface area contributed by atoms with Crippen LogP contribution in [-0.4, -0.2) is 65.3 Å². The molecule has 4 rings (SSSR count). The highest BCUT2D eigenvalue weighted by Crippen LogP contribution is 2.38. The molecule has 41 heavy (non-hydrogen) atoms. The number of nitrogens with one attached hydrogen (secondary N) is 1. The number of para-hydroxylation sites is 1. The van der Waals surface area contributed by atoms with Crippen LogP contribution in [0.1, 0.15) is 68.6 Å². The number of fused-ring (bicyclic) bond motifs is 1. The van der Waals surface area contributed by atoms with Gasteiger partial charge in [0.15, 0.2) is 0 Å². The molecule has 0 radical (unpaired) electrons. The van der Waals surface area contributed by atoms with Crippen molar-refractivity contribution < 1.29 is 29.1 Å². The van der Waals surface area contributed by atoms with Crippen LogP contribution in [-0.2, 0) is 16.1 Å². The quantitative estimate of drug-likeness (QED) is 0.232. The fourth-order valence-corrected chi connectivity index (χ4v) is 6.43. The number of amides is 1. The summed E-state index contributed by atoms with van der Waals surface area (Å²) in [6.45, 7) is 8.76. The highest BCUT2D eigenvalue weighted by molar-refractivity contribution is 7.21. The molecule has 1 fully saturated rings. The van der Waals surface area contributed by atoms with E-state index in [2.05, 4.69) is 5.32 Å². The van der Waals surface area contributed by atoms with E-state index in [1.807, 2.05) is 81.1 Å². The zero-order chi connectivity index (χ0) is 30.0. The van der Waals surface area contributed by atoms with Crippen LogP contribution < -0.4 is 10.1 Å². The van der Waals surface area contributed by atoms with Crippen molar-refractivity contribution in [3.8, 4) is 5.75 Å². The first-order valence-electron chi connectivity index (χ1n) is 13.9. The summed E-state index contributed by atoms with van der Waals surface area (Å²) in [5.41, 5.74) is 0.480. The van der Waals surface area contributed by atoms with Crippen molar-refractivity contribution >= 4 is 52.6 Å². The summed E-state index contributed by atoms with van der Waals surface area (Å²) < 4.78 is 12.3. The van der Waals surface area contributed by atoms with Crippen molar-refractivity contribution in [1.29, 1.82) is 0 Å². The molecule has 2 aromatic carbocycles. The summed E-state index contributed by atoms with van der Waals surface area (Å²) in [5, 5.41) is 19.0. The number of rotatable bonds is 9. The minimum Gasteiger partial charge on any atom is -0.494 e. The molecule has 3 N–H and O–H groups in total. The third-order valence-electron chi connectivity index (χ3n) is 6.70. The highest BCUT2D eigenvalue weighted by atomic mass is 35.5. The van der Waals surface area contributed by atoms with Crippen LogP contribution in [0, 0.1) is 0 Å². The number of ether oxygens (including phenoxy) is 2. The van der Waals surface area contributed by atoms with Gasteiger partial charge in [0.05, 0.1) is 18.2 Å². The third-order valence-corrected chi connectivity index (χ3v) is 8.36. The summed E-state index contributed by atoms with van der Waals surface area (Å²) in [5.74, 6) is 0.499. The van der Waals surface area contributed by atoms with Crippen LogP contribution in [0.25, 0.3) is 10.1 Å². The van der Waals surface area contributed by atoms with Crippen LogP contribution in [0.3, 0.4) is 0 Å². The summed E-state index contributed by atoms with van der Waals surface area (Å²) in [6.07, 6.45) is 3.39. The molecular formula is C30H40BClN2O6S. The molecule has 222 valence electrons. The molecule has 1 saturated carbocycles. The predicted molar refractivity (Wildman–Crippen MR) is 166 cm³/mol. The van der Waals surface area contributed by atoms with Gasteiger partial charge in [-0.25, -0.2) is 0 Å². The Bertz CT molecular complexity index is 1290. The van der Waals surface area contributed by atoms with Gasteiger partial charge in [-0.1, -0.05) is 48.0 Å². The third kappa shape index (κ3) is 9.44. The van der Waals surface area contributed by atoms with Crippen molar-refractivity contribution in [3.63, 3.8) is 0 Å². The van der Waals surface area contributed by atoms with Gasteiger partial charge in [0.2, 0.25) is 0 Å². The van der Waals surface area contributed by atoms with Crippen molar-refractivity contribution in [3.05, 3.63) is 64.0 Å². The summed E-state index contributed by atoms with van der Waals surface area (Å²) in [7, 11) is -0.750. The van der Waals surface area contributed by atoms with Gasteiger partial charge in [0.25, 0.3) is 5.91 Å². The molecule has 8 nitrogen and oxygen atoms in total. The van der Waals surface area contributed by atoms with Crippen LogP contribution in [0.4, 0.5) is 0 Å². The molecule has 0 saturated heterocycles. The lowest BCUT2D eigenvalue weighted by atomic mass is 9.89. The van der Waals surface area contributed by atoms with E-state index in [9.17, 15) is 9.59 Å². The maximum absolute atomic E-state index is 14.1. The first-order valence-corrected chi connectivity index (χ1v) is 15.1. The minimum absolute atomic E-state index is 0.0485. The largest absolute Gasteiger partial charge is 0.494 e. The molecule has 0 atom stereocenters. The SMILES string of the molecule is CCOc1ccccc1CN(C(=O)c1sc2ccccc2c1Cl)C1CCC(NCC(=O)OC(C)(C)C)CC1.OBO. The number of esters is 1. The Labute approximate surface area is 251 Å². The molecule has 0 bridgehead atoms. The number of hydrogen-bond acceptors (Lipinski definition) is 8. The van der Waals surface area contributed by atoms with Crippen LogP contribution in [0.2, 0.25) is 5.02 Å². The lowest BCUT2D eigenvalue weighted by Crippen LogP contribution is -2.46. The van der Waals surface area contributed by atoms with Crippen LogP contribution in [0.5, 0.6) is 5.75 Å². The van der Waals surface area contributed by atoms with Crippen LogP contribution in [0.15, 0.2) is 48.5 Å². The molecule has 1 aromatic heterocycles.